The highest BCUT2D eigenvalue weighted by Gasteiger charge is 2.18. The van der Waals surface area contributed by atoms with Crippen molar-refractivity contribution in [2.75, 3.05) is 23.8 Å². The fraction of sp³-hybridized carbons (Fsp3) is 0.222. The summed E-state index contributed by atoms with van der Waals surface area (Å²) in [5.74, 6) is 2.10. The van der Waals surface area contributed by atoms with Gasteiger partial charge in [-0.25, -0.2) is 0 Å². The first-order valence-corrected chi connectivity index (χ1v) is 11.6. The second-order valence-corrected chi connectivity index (χ2v) is 7.70. The van der Waals surface area contributed by atoms with Crippen molar-refractivity contribution in [3.8, 4) is 11.5 Å². The monoisotopic (exact) mass is 471 g/mol. The lowest BCUT2D eigenvalue weighted by Crippen LogP contribution is -2.17. The van der Waals surface area contributed by atoms with Gasteiger partial charge in [0.25, 0.3) is 5.91 Å². The van der Waals surface area contributed by atoms with Gasteiger partial charge in [-0.15, -0.1) is 5.10 Å². The molecule has 180 valence electrons. The molecule has 0 saturated carbocycles. The molecule has 0 bridgehead atoms. The summed E-state index contributed by atoms with van der Waals surface area (Å²) in [5.41, 5.74) is 2.60. The number of hydrogen-bond acceptors (Lipinski definition) is 7. The second-order valence-electron chi connectivity index (χ2n) is 7.70. The summed E-state index contributed by atoms with van der Waals surface area (Å²) in [5, 5.41) is 10.9. The minimum absolute atomic E-state index is 0.263. The summed E-state index contributed by atoms with van der Waals surface area (Å²) in [4.78, 5) is 17.7. The first kappa shape index (κ1) is 23.8. The van der Waals surface area contributed by atoms with Crippen molar-refractivity contribution in [3.63, 3.8) is 0 Å². The molecule has 0 fully saturated rings. The van der Waals surface area contributed by atoms with E-state index in [1.54, 1.807) is 12.1 Å². The standard InChI is InChI=1S/C27H29N5O3/c1-3-34-23-14-10-20(11-15-23)18-28-26-30-27(29-19-21-12-16-24(17-13-21)35-4-2)32(31-26)25(33)22-8-6-5-7-9-22/h5-17H,3-4,18-19H2,1-2H3,(H2,28,29,30,31). The summed E-state index contributed by atoms with van der Waals surface area (Å²) in [7, 11) is 0. The molecule has 35 heavy (non-hydrogen) atoms. The topological polar surface area (TPSA) is 90.3 Å². The molecular formula is C27H29N5O3. The van der Waals surface area contributed by atoms with Gasteiger partial charge in [0.1, 0.15) is 11.5 Å². The van der Waals surface area contributed by atoms with E-state index in [-0.39, 0.29) is 5.91 Å². The highest BCUT2D eigenvalue weighted by atomic mass is 16.5. The minimum atomic E-state index is -0.263. The zero-order valence-electron chi connectivity index (χ0n) is 19.9. The van der Waals surface area contributed by atoms with Gasteiger partial charge < -0.3 is 20.1 Å². The number of rotatable bonds is 11. The first-order chi connectivity index (χ1) is 17.2. The molecule has 1 aromatic heterocycles. The molecule has 3 aromatic carbocycles. The summed E-state index contributed by atoms with van der Waals surface area (Å²) < 4.78 is 12.3. The van der Waals surface area contributed by atoms with Crippen molar-refractivity contribution in [1.82, 2.24) is 14.8 Å². The Labute approximate surface area is 204 Å². The summed E-state index contributed by atoms with van der Waals surface area (Å²) >= 11 is 0. The third-order valence-electron chi connectivity index (χ3n) is 5.19. The van der Waals surface area contributed by atoms with Crippen LogP contribution in [0.1, 0.15) is 35.3 Å². The molecule has 0 unspecified atom stereocenters. The van der Waals surface area contributed by atoms with Gasteiger partial charge in [-0.2, -0.15) is 9.67 Å². The van der Waals surface area contributed by atoms with Crippen LogP contribution in [0.5, 0.6) is 11.5 Å². The molecule has 0 saturated heterocycles. The predicted octanol–water partition coefficient (Wildman–Crippen LogP) is 4.99. The molecule has 0 radical (unpaired) electrons. The lowest BCUT2D eigenvalue weighted by atomic mass is 10.2. The normalized spacial score (nSPS) is 10.6. The van der Waals surface area contributed by atoms with E-state index in [2.05, 4.69) is 20.7 Å². The molecule has 1 heterocycles. The maximum atomic E-state index is 13.1. The predicted molar refractivity (Wildman–Crippen MR) is 136 cm³/mol. The van der Waals surface area contributed by atoms with Crippen molar-refractivity contribution < 1.29 is 14.3 Å². The number of nitrogens with one attached hydrogen (secondary N) is 2. The number of hydrogen-bond donors (Lipinski definition) is 2. The van der Waals surface area contributed by atoms with E-state index in [9.17, 15) is 4.79 Å². The van der Waals surface area contributed by atoms with Crippen molar-refractivity contribution in [1.29, 1.82) is 0 Å². The van der Waals surface area contributed by atoms with E-state index in [1.165, 1.54) is 4.68 Å². The smallest absolute Gasteiger partial charge is 0.281 e. The van der Waals surface area contributed by atoms with Gasteiger partial charge in [0, 0.05) is 18.7 Å². The van der Waals surface area contributed by atoms with Crippen LogP contribution in [0.15, 0.2) is 78.9 Å². The van der Waals surface area contributed by atoms with E-state index in [4.69, 9.17) is 9.47 Å². The van der Waals surface area contributed by atoms with Crippen LogP contribution in [0.4, 0.5) is 11.9 Å². The number of anilines is 2. The molecule has 0 aliphatic carbocycles. The van der Waals surface area contributed by atoms with Crippen LogP contribution >= 0.6 is 0 Å². The van der Waals surface area contributed by atoms with Crippen LogP contribution in [0.25, 0.3) is 0 Å². The van der Waals surface area contributed by atoms with Crippen LogP contribution < -0.4 is 20.1 Å². The molecule has 4 aromatic rings. The maximum absolute atomic E-state index is 13.1. The SMILES string of the molecule is CCOc1ccc(CNc2nc(NCc3ccc(OCC)cc3)n(C(=O)c3ccccc3)n2)cc1. The Kier molecular flexibility index (Phi) is 7.96. The second kappa shape index (κ2) is 11.7. The van der Waals surface area contributed by atoms with Gasteiger partial charge in [0.2, 0.25) is 11.9 Å². The van der Waals surface area contributed by atoms with Crippen LogP contribution in [0.3, 0.4) is 0 Å². The van der Waals surface area contributed by atoms with Gasteiger partial charge in [0.15, 0.2) is 0 Å². The van der Waals surface area contributed by atoms with E-state index >= 15 is 0 Å². The largest absolute Gasteiger partial charge is 0.494 e. The highest BCUT2D eigenvalue weighted by molar-refractivity contribution is 5.96. The Morgan fingerprint density at radius 2 is 1.31 bits per heavy atom. The highest BCUT2D eigenvalue weighted by Crippen LogP contribution is 2.17. The Morgan fingerprint density at radius 1 is 0.771 bits per heavy atom. The third kappa shape index (κ3) is 6.38. The van der Waals surface area contributed by atoms with Crippen LogP contribution in [-0.2, 0) is 13.1 Å². The zero-order chi connectivity index (χ0) is 24.5. The summed E-state index contributed by atoms with van der Waals surface area (Å²) in [6.07, 6.45) is 0. The summed E-state index contributed by atoms with van der Waals surface area (Å²) in [6, 6.07) is 24.6. The van der Waals surface area contributed by atoms with E-state index in [0.29, 0.717) is 43.8 Å². The van der Waals surface area contributed by atoms with E-state index in [0.717, 1.165) is 22.6 Å². The average Bonchev–Trinajstić information content (AvgIpc) is 3.31. The molecular weight excluding hydrogens is 442 g/mol. The molecule has 0 aliphatic rings. The lowest BCUT2D eigenvalue weighted by Gasteiger charge is -2.08. The fourth-order valence-electron chi connectivity index (χ4n) is 3.45. The molecule has 0 atom stereocenters. The molecule has 4 rings (SSSR count). The number of aromatic nitrogens is 3. The van der Waals surface area contributed by atoms with E-state index < -0.39 is 0 Å². The zero-order valence-corrected chi connectivity index (χ0v) is 19.9. The Hall–Kier alpha value is -4.33. The fourth-order valence-corrected chi connectivity index (χ4v) is 3.45. The van der Waals surface area contributed by atoms with Gasteiger partial charge in [-0.05, 0) is 61.4 Å². The van der Waals surface area contributed by atoms with Crippen molar-refractivity contribution >= 4 is 17.8 Å². The molecule has 0 aliphatic heterocycles. The first-order valence-electron chi connectivity index (χ1n) is 11.6. The van der Waals surface area contributed by atoms with Gasteiger partial charge >= 0.3 is 0 Å². The van der Waals surface area contributed by atoms with Crippen molar-refractivity contribution in [2.24, 2.45) is 0 Å². The van der Waals surface area contributed by atoms with Gasteiger partial charge in [-0.1, -0.05) is 42.5 Å². The molecule has 8 nitrogen and oxygen atoms in total. The number of nitrogens with zero attached hydrogens (tertiary/aromatic N) is 3. The average molecular weight is 472 g/mol. The maximum Gasteiger partial charge on any atom is 0.281 e. The number of ether oxygens (including phenoxy) is 2. The molecule has 0 amide bonds. The molecule has 2 N–H and O–H groups in total. The van der Waals surface area contributed by atoms with Crippen LogP contribution in [-0.4, -0.2) is 33.9 Å². The Balaban J connectivity index is 1.50. The van der Waals surface area contributed by atoms with Gasteiger partial charge in [-0.3, -0.25) is 4.79 Å². The van der Waals surface area contributed by atoms with Gasteiger partial charge in [0.05, 0.1) is 13.2 Å². The quantitative estimate of drug-likeness (QED) is 0.319. The Morgan fingerprint density at radius 3 is 1.86 bits per heavy atom. The lowest BCUT2D eigenvalue weighted by molar-refractivity contribution is 0.0947. The third-order valence-corrected chi connectivity index (χ3v) is 5.19. The van der Waals surface area contributed by atoms with Crippen molar-refractivity contribution in [3.05, 3.63) is 95.6 Å². The van der Waals surface area contributed by atoms with E-state index in [1.807, 2.05) is 80.6 Å². The minimum Gasteiger partial charge on any atom is -0.494 e. The Bertz CT molecular complexity index is 1220. The van der Waals surface area contributed by atoms with Crippen LogP contribution in [0, 0.1) is 0 Å². The number of carbonyl (C=O) groups is 1. The molecule has 0 spiro atoms. The van der Waals surface area contributed by atoms with Crippen molar-refractivity contribution in [2.45, 2.75) is 26.9 Å². The summed E-state index contributed by atoms with van der Waals surface area (Å²) in [6.45, 7) is 6.14. The van der Waals surface area contributed by atoms with Crippen LogP contribution in [0.2, 0.25) is 0 Å². The molecule has 8 heteroatoms. The number of carbonyl (C=O) groups excluding carboxylic acids is 1. The number of benzene rings is 3.